The highest BCUT2D eigenvalue weighted by Crippen LogP contribution is 2.30. The van der Waals surface area contributed by atoms with Gasteiger partial charge in [-0.05, 0) is 69.1 Å². The number of aryl methyl sites for hydroxylation is 1. The number of anilines is 1. The minimum atomic E-state index is 0.631. The maximum atomic E-state index is 7.77. The fourth-order valence-electron chi connectivity index (χ4n) is 3.36. The zero-order valence-corrected chi connectivity index (χ0v) is 14.7. The first kappa shape index (κ1) is 16.7. The second-order valence-corrected chi connectivity index (χ2v) is 6.91. The van der Waals surface area contributed by atoms with Crippen molar-refractivity contribution in [1.82, 2.24) is 4.90 Å². The molecule has 2 aromatic rings. The van der Waals surface area contributed by atoms with E-state index in [2.05, 4.69) is 66.7 Å². The number of rotatable bonds is 5. The Hall–Kier alpha value is -2.13. The largest absolute Gasteiger partial charge is 0.380 e. The highest BCUT2D eigenvalue weighted by atomic mass is 15.1. The molecule has 2 aromatic carbocycles. The Morgan fingerprint density at radius 1 is 1.12 bits per heavy atom. The Balaban J connectivity index is 1.69. The smallest absolute Gasteiger partial charge is 0.0432 e. The van der Waals surface area contributed by atoms with Gasteiger partial charge in [0.25, 0.3) is 0 Å². The Kier molecular flexibility index (Phi) is 5.31. The second-order valence-electron chi connectivity index (χ2n) is 6.91. The molecule has 1 fully saturated rings. The standard InChI is InChI=1S/C21H27N3/c1-16-3-5-17(6-4-16)15-23-21-8-7-19(13-20(21)14-22)18-9-11-24(2)12-10-18/h3-8,13-14,18,22-23H,9-12,15H2,1-2H3. The summed E-state index contributed by atoms with van der Waals surface area (Å²) in [7, 11) is 2.19. The van der Waals surface area contributed by atoms with Crippen LogP contribution in [0.2, 0.25) is 0 Å². The molecular formula is C21H27N3. The molecule has 1 aliphatic heterocycles. The molecule has 0 atom stereocenters. The van der Waals surface area contributed by atoms with Gasteiger partial charge in [0.05, 0.1) is 0 Å². The van der Waals surface area contributed by atoms with Crippen LogP contribution in [0.15, 0.2) is 42.5 Å². The van der Waals surface area contributed by atoms with E-state index in [1.165, 1.54) is 35.7 Å². The number of nitrogens with zero attached hydrogens (tertiary/aromatic N) is 1. The van der Waals surface area contributed by atoms with Crippen molar-refractivity contribution >= 4 is 11.9 Å². The van der Waals surface area contributed by atoms with E-state index in [9.17, 15) is 0 Å². The normalized spacial score (nSPS) is 16.1. The Bertz CT molecular complexity index is 683. The molecule has 3 heteroatoms. The van der Waals surface area contributed by atoms with Gasteiger partial charge in [0.2, 0.25) is 0 Å². The third-order valence-corrected chi connectivity index (χ3v) is 5.02. The van der Waals surface area contributed by atoms with Gasteiger partial charge in [0.1, 0.15) is 0 Å². The zero-order chi connectivity index (χ0) is 16.9. The first-order valence-corrected chi connectivity index (χ1v) is 8.78. The minimum Gasteiger partial charge on any atom is -0.380 e. The highest BCUT2D eigenvalue weighted by Gasteiger charge is 2.19. The SMILES string of the molecule is Cc1ccc(CNc2ccc(C3CCN(C)CC3)cc2C=N)cc1. The van der Waals surface area contributed by atoms with E-state index in [0.29, 0.717) is 5.92 Å². The topological polar surface area (TPSA) is 39.1 Å². The molecule has 1 aliphatic rings. The number of hydrogen-bond donors (Lipinski definition) is 2. The van der Waals surface area contributed by atoms with E-state index in [0.717, 1.165) is 30.9 Å². The molecule has 24 heavy (non-hydrogen) atoms. The summed E-state index contributed by atoms with van der Waals surface area (Å²) in [5.74, 6) is 0.631. The lowest BCUT2D eigenvalue weighted by molar-refractivity contribution is 0.255. The summed E-state index contributed by atoms with van der Waals surface area (Å²) in [6.45, 7) is 5.22. The maximum absolute atomic E-state index is 7.77. The van der Waals surface area contributed by atoms with Crippen molar-refractivity contribution in [1.29, 1.82) is 5.41 Å². The second kappa shape index (κ2) is 7.63. The van der Waals surface area contributed by atoms with E-state index >= 15 is 0 Å². The zero-order valence-electron chi connectivity index (χ0n) is 14.7. The van der Waals surface area contributed by atoms with Crippen molar-refractivity contribution < 1.29 is 0 Å². The lowest BCUT2D eigenvalue weighted by Gasteiger charge is -2.29. The summed E-state index contributed by atoms with van der Waals surface area (Å²) in [4.78, 5) is 2.39. The Morgan fingerprint density at radius 3 is 2.50 bits per heavy atom. The van der Waals surface area contributed by atoms with Crippen LogP contribution in [0.25, 0.3) is 0 Å². The molecule has 0 amide bonds. The van der Waals surface area contributed by atoms with Crippen molar-refractivity contribution in [2.45, 2.75) is 32.2 Å². The van der Waals surface area contributed by atoms with Gasteiger partial charge in [-0.25, -0.2) is 0 Å². The van der Waals surface area contributed by atoms with E-state index in [4.69, 9.17) is 5.41 Å². The van der Waals surface area contributed by atoms with E-state index in [-0.39, 0.29) is 0 Å². The monoisotopic (exact) mass is 321 g/mol. The molecule has 0 spiro atoms. The van der Waals surface area contributed by atoms with E-state index in [1.807, 2.05) is 0 Å². The average molecular weight is 321 g/mol. The van der Waals surface area contributed by atoms with Crippen molar-refractivity contribution in [3.05, 3.63) is 64.7 Å². The maximum Gasteiger partial charge on any atom is 0.0432 e. The van der Waals surface area contributed by atoms with Crippen LogP contribution in [0, 0.1) is 12.3 Å². The van der Waals surface area contributed by atoms with Crippen molar-refractivity contribution in [2.75, 3.05) is 25.5 Å². The quantitative estimate of drug-likeness (QED) is 0.801. The molecule has 0 unspecified atom stereocenters. The van der Waals surface area contributed by atoms with Crippen molar-refractivity contribution in [3.63, 3.8) is 0 Å². The number of piperidine rings is 1. The van der Waals surface area contributed by atoms with Gasteiger partial charge in [0.15, 0.2) is 0 Å². The minimum absolute atomic E-state index is 0.631. The molecule has 0 aliphatic carbocycles. The third-order valence-electron chi connectivity index (χ3n) is 5.02. The predicted octanol–water partition coefficient (Wildman–Crippen LogP) is 4.41. The van der Waals surface area contributed by atoms with Crippen LogP contribution in [-0.4, -0.2) is 31.3 Å². The lowest BCUT2D eigenvalue weighted by atomic mass is 9.88. The van der Waals surface area contributed by atoms with Gasteiger partial charge in [0, 0.05) is 24.0 Å². The molecule has 126 valence electrons. The Labute approximate surface area is 145 Å². The fraction of sp³-hybridized carbons (Fsp3) is 0.381. The molecule has 1 heterocycles. The number of nitrogens with one attached hydrogen (secondary N) is 2. The molecule has 3 rings (SSSR count). The van der Waals surface area contributed by atoms with Crippen LogP contribution >= 0.6 is 0 Å². The summed E-state index contributed by atoms with van der Waals surface area (Å²) in [6.07, 6.45) is 3.89. The third kappa shape index (κ3) is 4.04. The summed E-state index contributed by atoms with van der Waals surface area (Å²) in [5, 5.41) is 11.2. The van der Waals surface area contributed by atoms with Gasteiger partial charge < -0.3 is 15.6 Å². The molecule has 2 N–H and O–H groups in total. The van der Waals surface area contributed by atoms with Crippen LogP contribution < -0.4 is 5.32 Å². The molecule has 0 radical (unpaired) electrons. The van der Waals surface area contributed by atoms with Crippen LogP contribution in [0.3, 0.4) is 0 Å². The van der Waals surface area contributed by atoms with Gasteiger partial charge in [-0.2, -0.15) is 0 Å². The van der Waals surface area contributed by atoms with Crippen LogP contribution in [0.5, 0.6) is 0 Å². The van der Waals surface area contributed by atoms with Gasteiger partial charge in [-0.1, -0.05) is 35.9 Å². The number of hydrogen-bond acceptors (Lipinski definition) is 3. The van der Waals surface area contributed by atoms with Crippen LogP contribution in [0.4, 0.5) is 5.69 Å². The van der Waals surface area contributed by atoms with Crippen LogP contribution in [0.1, 0.15) is 41.0 Å². The van der Waals surface area contributed by atoms with Gasteiger partial charge in [-0.15, -0.1) is 0 Å². The molecule has 0 saturated carbocycles. The summed E-state index contributed by atoms with van der Waals surface area (Å²) < 4.78 is 0. The van der Waals surface area contributed by atoms with Crippen LogP contribution in [-0.2, 0) is 6.54 Å². The summed E-state index contributed by atoms with van der Waals surface area (Å²) >= 11 is 0. The molecular weight excluding hydrogens is 294 g/mol. The van der Waals surface area contributed by atoms with E-state index < -0.39 is 0 Å². The Morgan fingerprint density at radius 2 is 1.83 bits per heavy atom. The summed E-state index contributed by atoms with van der Waals surface area (Å²) in [5.41, 5.74) is 5.95. The van der Waals surface area contributed by atoms with Gasteiger partial charge in [-0.3, -0.25) is 0 Å². The first-order valence-electron chi connectivity index (χ1n) is 8.78. The number of likely N-dealkylation sites (tertiary alicyclic amines) is 1. The summed E-state index contributed by atoms with van der Waals surface area (Å²) in [6, 6.07) is 15.2. The predicted molar refractivity (Wildman–Crippen MR) is 102 cm³/mol. The molecule has 1 saturated heterocycles. The molecule has 3 nitrogen and oxygen atoms in total. The lowest BCUT2D eigenvalue weighted by Crippen LogP contribution is -2.29. The first-order chi connectivity index (χ1) is 11.7. The highest BCUT2D eigenvalue weighted by molar-refractivity contribution is 5.86. The molecule has 0 aromatic heterocycles. The van der Waals surface area contributed by atoms with E-state index in [1.54, 1.807) is 0 Å². The van der Waals surface area contributed by atoms with Gasteiger partial charge >= 0.3 is 0 Å². The van der Waals surface area contributed by atoms with Crippen molar-refractivity contribution in [3.8, 4) is 0 Å². The van der Waals surface area contributed by atoms with Crippen molar-refractivity contribution in [2.24, 2.45) is 0 Å². The fourth-order valence-corrected chi connectivity index (χ4v) is 3.36. The molecule has 0 bridgehead atoms. The number of benzene rings is 2. The average Bonchev–Trinajstić information content (AvgIpc) is 2.62.